The van der Waals surface area contributed by atoms with Crippen LogP contribution < -0.4 is 15.9 Å². The zero-order valence-corrected chi connectivity index (χ0v) is 16.8. The van der Waals surface area contributed by atoms with E-state index in [0.717, 1.165) is 17.0 Å². The Hall–Kier alpha value is -3.38. The number of anilines is 1. The van der Waals surface area contributed by atoms with Crippen molar-refractivity contribution in [3.8, 4) is 28.5 Å². The number of carbonyl (C=O) groups is 1. The minimum atomic E-state index is -0.196. The summed E-state index contributed by atoms with van der Waals surface area (Å²) < 4.78 is 6.49. The third-order valence-corrected chi connectivity index (χ3v) is 5.51. The van der Waals surface area contributed by atoms with Gasteiger partial charge in [-0.05, 0) is 30.3 Å². The number of nitrogens with two attached hydrogens (primary N) is 1. The molecule has 10 nitrogen and oxygen atoms in total. The highest BCUT2D eigenvalue weighted by atomic mass is 32.2. The molecule has 0 atom stereocenters. The number of thiazole rings is 1. The van der Waals surface area contributed by atoms with Gasteiger partial charge >= 0.3 is 0 Å². The molecule has 0 spiro atoms. The Morgan fingerprint density at radius 3 is 2.90 bits per heavy atom. The van der Waals surface area contributed by atoms with Crippen molar-refractivity contribution < 1.29 is 9.53 Å². The largest absolute Gasteiger partial charge is 0.497 e. The van der Waals surface area contributed by atoms with Gasteiger partial charge in [0.1, 0.15) is 11.4 Å². The topological polar surface area (TPSA) is 137 Å². The van der Waals surface area contributed by atoms with Crippen molar-refractivity contribution in [1.82, 2.24) is 30.1 Å². The fraction of sp³-hybridized carbons (Fsp3) is 0.118. The second-order valence-corrected chi connectivity index (χ2v) is 7.58. The van der Waals surface area contributed by atoms with Gasteiger partial charge < -0.3 is 15.9 Å². The smallest absolute Gasteiger partial charge is 0.236 e. The highest BCUT2D eigenvalue weighted by molar-refractivity contribution is 7.99. The lowest BCUT2D eigenvalue weighted by molar-refractivity contribution is -0.113. The quantitative estimate of drug-likeness (QED) is 0.301. The molecule has 0 aliphatic heterocycles. The van der Waals surface area contributed by atoms with E-state index < -0.39 is 0 Å². The van der Waals surface area contributed by atoms with Crippen LogP contribution in [-0.4, -0.2) is 48.8 Å². The lowest BCUT2D eigenvalue weighted by atomic mass is 10.1. The molecule has 29 heavy (non-hydrogen) atoms. The summed E-state index contributed by atoms with van der Waals surface area (Å²) in [4.78, 5) is 16.0. The molecule has 0 unspecified atom stereocenters. The van der Waals surface area contributed by atoms with Crippen LogP contribution in [0.3, 0.4) is 0 Å². The van der Waals surface area contributed by atoms with Crippen LogP contribution in [0.1, 0.15) is 0 Å². The number of thioether (sulfide) groups is 1. The van der Waals surface area contributed by atoms with Gasteiger partial charge in [0.25, 0.3) is 0 Å². The molecule has 0 aliphatic carbocycles. The first kappa shape index (κ1) is 19.0. The number of hydrogen-bond donors (Lipinski definition) is 3. The average Bonchev–Trinajstić information content (AvgIpc) is 3.48. The van der Waals surface area contributed by atoms with Gasteiger partial charge in [0.2, 0.25) is 16.9 Å². The summed E-state index contributed by atoms with van der Waals surface area (Å²) >= 11 is 2.53. The molecule has 4 rings (SSSR count). The molecule has 4 N–H and O–H groups in total. The molecule has 4 aromatic rings. The molecule has 0 fully saturated rings. The first-order valence-electron chi connectivity index (χ1n) is 8.37. The van der Waals surface area contributed by atoms with Crippen molar-refractivity contribution in [2.45, 2.75) is 5.16 Å². The van der Waals surface area contributed by atoms with Crippen molar-refractivity contribution in [3.05, 3.63) is 41.9 Å². The highest BCUT2D eigenvalue weighted by Crippen LogP contribution is 2.26. The Morgan fingerprint density at radius 2 is 2.17 bits per heavy atom. The van der Waals surface area contributed by atoms with E-state index in [4.69, 9.17) is 10.6 Å². The van der Waals surface area contributed by atoms with Crippen molar-refractivity contribution in [2.75, 3.05) is 24.0 Å². The first-order valence-corrected chi connectivity index (χ1v) is 10.2. The molecule has 0 bridgehead atoms. The van der Waals surface area contributed by atoms with Crippen LogP contribution >= 0.6 is 23.1 Å². The number of H-pyrrole nitrogens is 1. The second-order valence-electron chi connectivity index (χ2n) is 5.75. The Morgan fingerprint density at radius 1 is 1.34 bits per heavy atom. The normalized spacial score (nSPS) is 10.8. The fourth-order valence-corrected chi connectivity index (χ4v) is 3.68. The molecule has 3 heterocycles. The number of ether oxygens (including phenoxy) is 1. The van der Waals surface area contributed by atoms with Crippen LogP contribution in [0.25, 0.3) is 22.8 Å². The molecule has 1 aromatic carbocycles. The van der Waals surface area contributed by atoms with Crippen molar-refractivity contribution >= 4 is 34.1 Å². The summed E-state index contributed by atoms with van der Waals surface area (Å²) in [6.07, 6.45) is 1.63. The maximum Gasteiger partial charge on any atom is 0.236 e. The fourth-order valence-electron chi connectivity index (χ4n) is 2.48. The van der Waals surface area contributed by atoms with Gasteiger partial charge in [-0.15, -0.1) is 21.5 Å². The van der Waals surface area contributed by atoms with E-state index in [1.807, 2.05) is 30.3 Å². The number of methoxy groups -OCH3 is 1. The standard InChI is InChI=1S/C17H16N8O2S2/c1-27-11-4-2-10(3-5-11)12-8-13(22-21-12)15-23-24-17(25(15)18)29-9-14(26)20-16-19-6-7-28-16/h2-8H,9,18H2,1H3,(H,21,22)(H,19,20,26). The molecule has 1 amide bonds. The third-order valence-electron chi connectivity index (χ3n) is 3.88. The summed E-state index contributed by atoms with van der Waals surface area (Å²) in [5.41, 5.74) is 2.28. The number of carbonyl (C=O) groups excluding carboxylic acids is 1. The molecule has 12 heteroatoms. The molecular weight excluding hydrogens is 412 g/mol. The molecule has 0 saturated carbocycles. The minimum absolute atomic E-state index is 0.134. The van der Waals surface area contributed by atoms with Crippen molar-refractivity contribution in [3.63, 3.8) is 0 Å². The molecular formula is C17H16N8O2S2. The summed E-state index contributed by atoms with van der Waals surface area (Å²) in [6.45, 7) is 0. The second kappa shape index (κ2) is 8.32. The first-order chi connectivity index (χ1) is 14.1. The Bertz CT molecular complexity index is 1110. The van der Waals surface area contributed by atoms with Crippen LogP contribution in [0.5, 0.6) is 5.75 Å². The van der Waals surface area contributed by atoms with Crippen LogP contribution in [0, 0.1) is 0 Å². The molecule has 0 aliphatic rings. The lowest BCUT2D eigenvalue weighted by Gasteiger charge is -2.02. The van der Waals surface area contributed by atoms with E-state index >= 15 is 0 Å². The molecule has 0 saturated heterocycles. The van der Waals surface area contributed by atoms with E-state index in [0.29, 0.717) is 21.8 Å². The summed E-state index contributed by atoms with van der Waals surface area (Å²) in [6, 6.07) is 9.38. The number of benzene rings is 1. The van der Waals surface area contributed by atoms with Crippen LogP contribution in [-0.2, 0) is 4.79 Å². The number of nitrogens with zero attached hydrogens (tertiary/aromatic N) is 5. The number of nitrogens with one attached hydrogen (secondary N) is 2. The summed E-state index contributed by atoms with van der Waals surface area (Å²) in [5.74, 6) is 7.23. The van der Waals surface area contributed by atoms with E-state index in [2.05, 4.69) is 30.7 Å². The number of rotatable bonds is 7. The van der Waals surface area contributed by atoms with Crippen LogP contribution in [0.2, 0.25) is 0 Å². The van der Waals surface area contributed by atoms with Crippen LogP contribution in [0.15, 0.2) is 47.1 Å². The minimum Gasteiger partial charge on any atom is -0.497 e. The Balaban J connectivity index is 1.44. The number of hydrogen-bond acceptors (Lipinski definition) is 9. The predicted octanol–water partition coefficient (Wildman–Crippen LogP) is 2.24. The average molecular weight is 429 g/mol. The van der Waals surface area contributed by atoms with Gasteiger partial charge in [0.15, 0.2) is 5.13 Å². The van der Waals surface area contributed by atoms with Gasteiger partial charge in [-0.3, -0.25) is 9.89 Å². The molecule has 3 aromatic heterocycles. The maximum atomic E-state index is 12.0. The van der Waals surface area contributed by atoms with E-state index in [1.54, 1.807) is 18.7 Å². The number of aromatic amines is 1. The van der Waals surface area contributed by atoms with E-state index in [9.17, 15) is 4.79 Å². The SMILES string of the molecule is COc1ccc(-c2cc(-c3nnc(SCC(=O)Nc4nccs4)n3N)[nH]n2)cc1. The summed E-state index contributed by atoms with van der Waals surface area (Å²) in [5, 5.41) is 20.8. The molecule has 0 radical (unpaired) electrons. The number of aromatic nitrogens is 6. The predicted molar refractivity (Wildman–Crippen MR) is 111 cm³/mol. The highest BCUT2D eigenvalue weighted by Gasteiger charge is 2.16. The van der Waals surface area contributed by atoms with E-state index in [1.165, 1.54) is 27.8 Å². The van der Waals surface area contributed by atoms with Gasteiger partial charge in [0, 0.05) is 17.1 Å². The van der Waals surface area contributed by atoms with Crippen LogP contribution in [0.4, 0.5) is 5.13 Å². The monoisotopic (exact) mass is 428 g/mol. The maximum absolute atomic E-state index is 12.0. The zero-order chi connectivity index (χ0) is 20.2. The molecule has 148 valence electrons. The Labute approximate surface area is 173 Å². The lowest BCUT2D eigenvalue weighted by Crippen LogP contribution is -2.16. The Kier molecular flexibility index (Phi) is 5.44. The third kappa shape index (κ3) is 4.22. The number of amides is 1. The van der Waals surface area contributed by atoms with E-state index in [-0.39, 0.29) is 11.7 Å². The van der Waals surface area contributed by atoms with Gasteiger partial charge in [-0.25, -0.2) is 9.66 Å². The van der Waals surface area contributed by atoms with Crippen molar-refractivity contribution in [2.24, 2.45) is 0 Å². The van der Waals surface area contributed by atoms with Crippen molar-refractivity contribution in [1.29, 1.82) is 0 Å². The summed E-state index contributed by atoms with van der Waals surface area (Å²) in [7, 11) is 1.62. The zero-order valence-electron chi connectivity index (χ0n) is 15.2. The van der Waals surface area contributed by atoms with Gasteiger partial charge in [-0.1, -0.05) is 11.8 Å². The van der Waals surface area contributed by atoms with Gasteiger partial charge in [0.05, 0.1) is 18.6 Å². The van der Waals surface area contributed by atoms with Gasteiger partial charge in [-0.2, -0.15) is 5.10 Å². The number of nitrogen functional groups attached to an aromatic ring is 1.